The van der Waals surface area contributed by atoms with Gasteiger partial charge in [-0.15, -0.1) is 0 Å². The van der Waals surface area contributed by atoms with Crippen LogP contribution in [-0.2, 0) is 14.3 Å². The predicted octanol–water partition coefficient (Wildman–Crippen LogP) is 2.62. The predicted molar refractivity (Wildman–Crippen MR) is 105 cm³/mol. The first-order chi connectivity index (χ1) is 14.2. The zero-order chi connectivity index (χ0) is 22.0. The van der Waals surface area contributed by atoms with Crippen molar-refractivity contribution in [3.8, 4) is 0 Å². The van der Waals surface area contributed by atoms with Gasteiger partial charge in [-0.05, 0) is 50.6 Å². The van der Waals surface area contributed by atoms with Gasteiger partial charge in [-0.2, -0.15) is 0 Å². The van der Waals surface area contributed by atoms with Crippen LogP contribution in [0.3, 0.4) is 0 Å². The number of halogens is 1. The van der Waals surface area contributed by atoms with Crippen LogP contribution in [0.4, 0.5) is 4.39 Å². The van der Waals surface area contributed by atoms with Crippen molar-refractivity contribution in [3.05, 3.63) is 71.0 Å². The van der Waals surface area contributed by atoms with Crippen LogP contribution in [0.5, 0.6) is 0 Å². The molecule has 0 radical (unpaired) electrons. The molecule has 1 N–H and O–H groups in total. The Morgan fingerprint density at radius 1 is 0.933 bits per heavy atom. The molecule has 1 aliphatic rings. The number of esters is 1. The van der Waals surface area contributed by atoms with Crippen LogP contribution < -0.4 is 5.32 Å². The quantitative estimate of drug-likeness (QED) is 0.582. The van der Waals surface area contributed by atoms with Crippen molar-refractivity contribution in [2.24, 2.45) is 0 Å². The van der Waals surface area contributed by atoms with E-state index in [0.717, 1.165) is 4.90 Å². The maximum atomic E-state index is 13.0. The van der Waals surface area contributed by atoms with Gasteiger partial charge in [-0.25, -0.2) is 9.18 Å². The maximum absolute atomic E-state index is 13.0. The van der Waals surface area contributed by atoms with Crippen LogP contribution in [0.2, 0.25) is 0 Å². The van der Waals surface area contributed by atoms with Crippen LogP contribution in [0.15, 0.2) is 48.5 Å². The smallest absolute Gasteiger partial charge is 0.329 e. The fourth-order valence-corrected chi connectivity index (χ4v) is 3.16. The lowest BCUT2D eigenvalue weighted by atomic mass is 10.1. The number of rotatable bonds is 6. The minimum atomic E-state index is -1.19. The number of hydrogen-bond acceptors (Lipinski definition) is 5. The van der Waals surface area contributed by atoms with Crippen molar-refractivity contribution >= 4 is 23.7 Å². The lowest BCUT2D eigenvalue weighted by Gasteiger charge is -2.23. The number of carbonyl (C=O) groups excluding carboxylic acids is 4. The van der Waals surface area contributed by atoms with Crippen LogP contribution in [0, 0.1) is 5.82 Å². The molecule has 2 aromatic rings. The highest BCUT2D eigenvalue weighted by Gasteiger charge is 2.41. The van der Waals surface area contributed by atoms with E-state index in [4.69, 9.17) is 4.74 Å². The van der Waals surface area contributed by atoms with Gasteiger partial charge in [-0.1, -0.05) is 24.3 Å². The fourth-order valence-electron chi connectivity index (χ4n) is 3.16. The Hall–Kier alpha value is -3.55. The third-order valence-electron chi connectivity index (χ3n) is 4.94. The highest BCUT2D eigenvalue weighted by Crippen LogP contribution is 2.25. The molecule has 8 heteroatoms. The third kappa shape index (κ3) is 4.07. The summed E-state index contributed by atoms with van der Waals surface area (Å²) in [6.07, 6.45) is -1.15. The summed E-state index contributed by atoms with van der Waals surface area (Å²) in [6.45, 7) is 4.47. The number of imide groups is 1. The van der Waals surface area contributed by atoms with Crippen molar-refractivity contribution in [2.75, 3.05) is 0 Å². The van der Waals surface area contributed by atoms with E-state index in [-0.39, 0.29) is 16.9 Å². The number of nitrogens with one attached hydrogen (secondary N) is 1. The van der Waals surface area contributed by atoms with Gasteiger partial charge in [0, 0.05) is 0 Å². The molecule has 3 amide bonds. The number of fused-ring (bicyclic) bond motifs is 1. The number of benzene rings is 2. The molecule has 0 aliphatic carbocycles. The van der Waals surface area contributed by atoms with E-state index in [1.807, 2.05) is 0 Å². The summed E-state index contributed by atoms with van der Waals surface area (Å²) in [5, 5.41) is 2.67. The van der Waals surface area contributed by atoms with E-state index >= 15 is 0 Å². The maximum Gasteiger partial charge on any atom is 0.329 e. The summed E-state index contributed by atoms with van der Waals surface area (Å²) in [5.74, 6) is -2.98. The van der Waals surface area contributed by atoms with Crippen LogP contribution in [-0.4, -0.2) is 40.7 Å². The number of ether oxygens (including phenoxy) is 1. The lowest BCUT2D eigenvalue weighted by molar-refractivity contribution is -0.158. The number of nitrogens with zero attached hydrogens (tertiary/aromatic N) is 1. The molecule has 0 bridgehead atoms. The van der Waals surface area contributed by atoms with E-state index in [9.17, 15) is 23.6 Å². The topological polar surface area (TPSA) is 92.8 Å². The van der Waals surface area contributed by atoms with Crippen LogP contribution >= 0.6 is 0 Å². The summed E-state index contributed by atoms with van der Waals surface area (Å²) in [7, 11) is 0. The van der Waals surface area contributed by atoms with Gasteiger partial charge in [0.25, 0.3) is 17.7 Å². The molecule has 0 aromatic heterocycles. The Labute approximate surface area is 172 Å². The Balaban J connectivity index is 1.61. The van der Waals surface area contributed by atoms with Crippen molar-refractivity contribution < 1.29 is 28.3 Å². The van der Waals surface area contributed by atoms with Crippen molar-refractivity contribution in [3.63, 3.8) is 0 Å². The Morgan fingerprint density at radius 3 is 2.00 bits per heavy atom. The molecular weight excluding hydrogens is 391 g/mol. The highest BCUT2D eigenvalue weighted by molar-refractivity contribution is 6.22. The molecule has 7 nitrogen and oxygen atoms in total. The Kier molecular flexibility index (Phi) is 5.96. The minimum Gasteiger partial charge on any atom is -0.451 e. The van der Waals surface area contributed by atoms with Crippen molar-refractivity contribution in [1.82, 2.24) is 10.2 Å². The zero-order valence-electron chi connectivity index (χ0n) is 16.7. The number of amides is 3. The second-order valence-corrected chi connectivity index (χ2v) is 7.06. The molecule has 1 aliphatic heterocycles. The van der Waals surface area contributed by atoms with Gasteiger partial charge in [0.1, 0.15) is 11.9 Å². The van der Waals surface area contributed by atoms with E-state index in [1.165, 1.54) is 38.1 Å². The second-order valence-electron chi connectivity index (χ2n) is 7.06. The van der Waals surface area contributed by atoms with E-state index in [1.54, 1.807) is 31.2 Å². The number of hydrogen-bond donors (Lipinski definition) is 1. The van der Waals surface area contributed by atoms with Gasteiger partial charge in [0.2, 0.25) is 0 Å². The molecular formula is C22H21FN2O5. The summed E-state index contributed by atoms with van der Waals surface area (Å²) in [4.78, 5) is 50.7. The molecule has 1 heterocycles. The van der Waals surface area contributed by atoms with Gasteiger partial charge in [0.05, 0.1) is 17.2 Å². The van der Waals surface area contributed by atoms with Gasteiger partial charge >= 0.3 is 5.97 Å². The summed E-state index contributed by atoms with van der Waals surface area (Å²) in [5.41, 5.74) is 1.13. The van der Waals surface area contributed by atoms with E-state index in [0.29, 0.717) is 5.56 Å². The molecule has 0 unspecified atom stereocenters. The summed E-state index contributed by atoms with van der Waals surface area (Å²) < 4.78 is 18.2. The molecule has 2 aromatic carbocycles. The third-order valence-corrected chi connectivity index (χ3v) is 4.94. The average molecular weight is 412 g/mol. The zero-order valence-corrected chi connectivity index (χ0v) is 16.7. The molecule has 0 saturated heterocycles. The monoisotopic (exact) mass is 412 g/mol. The standard InChI is InChI=1S/C22H21FN2O5/c1-12(15-8-10-16(23)11-9-15)24-19(26)14(3)30-22(29)13(2)25-20(27)17-6-4-5-7-18(17)21(25)28/h4-14H,1-3H3,(H,24,26)/t12-,13+,14-/m0/s1. The first-order valence-corrected chi connectivity index (χ1v) is 9.44. The minimum absolute atomic E-state index is 0.223. The van der Waals surface area contributed by atoms with Gasteiger partial charge in [-0.3, -0.25) is 19.3 Å². The highest BCUT2D eigenvalue weighted by atomic mass is 19.1. The molecule has 156 valence electrons. The molecule has 3 rings (SSSR count). The van der Waals surface area contributed by atoms with E-state index in [2.05, 4.69) is 5.32 Å². The number of carbonyl (C=O) groups is 4. The Morgan fingerprint density at radius 2 is 1.47 bits per heavy atom. The molecule has 0 saturated carbocycles. The van der Waals surface area contributed by atoms with Crippen LogP contribution in [0.25, 0.3) is 0 Å². The average Bonchev–Trinajstić information content (AvgIpc) is 2.98. The molecule has 3 atom stereocenters. The second kappa shape index (κ2) is 8.44. The molecule has 0 spiro atoms. The van der Waals surface area contributed by atoms with Gasteiger partial charge < -0.3 is 10.1 Å². The van der Waals surface area contributed by atoms with Crippen LogP contribution in [0.1, 0.15) is 53.1 Å². The molecule has 0 fully saturated rings. The first-order valence-electron chi connectivity index (χ1n) is 9.44. The SMILES string of the molecule is C[C@H](OC(=O)[C@@H](C)N1C(=O)c2ccccc2C1=O)C(=O)N[C@@H](C)c1ccc(F)cc1. The normalized spacial score (nSPS) is 15.9. The van der Waals surface area contributed by atoms with Gasteiger partial charge in [0.15, 0.2) is 6.10 Å². The van der Waals surface area contributed by atoms with E-state index < -0.39 is 41.9 Å². The largest absolute Gasteiger partial charge is 0.451 e. The summed E-state index contributed by atoms with van der Waals surface area (Å²) in [6, 6.07) is 10.3. The lowest BCUT2D eigenvalue weighted by Crippen LogP contribution is -2.46. The van der Waals surface area contributed by atoms with Crippen molar-refractivity contribution in [1.29, 1.82) is 0 Å². The Bertz CT molecular complexity index is 970. The summed E-state index contributed by atoms with van der Waals surface area (Å²) >= 11 is 0. The molecule has 30 heavy (non-hydrogen) atoms. The fraction of sp³-hybridized carbons (Fsp3) is 0.273. The van der Waals surface area contributed by atoms with Crippen molar-refractivity contribution in [2.45, 2.75) is 39.0 Å². The first kappa shape index (κ1) is 21.2.